The molecular weight excluding hydrogens is 515 g/mol. The molecule has 5 nitrogen and oxygen atoms in total. The first-order valence-corrected chi connectivity index (χ1v) is 14.7. The van der Waals surface area contributed by atoms with Gasteiger partial charge in [0.2, 0.25) is 10.0 Å². The molecule has 0 saturated carbocycles. The van der Waals surface area contributed by atoms with Crippen molar-refractivity contribution >= 4 is 38.3 Å². The number of aryl methyl sites for hydroxylation is 1. The largest absolute Gasteiger partial charge is 0.416 e. The van der Waals surface area contributed by atoms with Crippen molar-refractivity contribution < 1.29 is 21.6 Å². The monoisotopic (exact) mass is 541 g/mol. The number of sulfonamides is 1. The van der Waals surface area contributed by atoms with Crippen LogP contribution in [0.1, 0.15) is 36.1 Å². The maximum absolute atomic E-state index is 12.8. The number of unbranched alkanes of at least 4 members (excludes halogenated alkanes) is 3. The zero-order valence-electron chi connectivity index (χ0n) is 18.9. The second-order valence-corrected chi connectivity index (χ2v) is 12.1. The van der Waals surface area contributed by atoms with Crippen LogP contribution in [0.2, 0.25) is 0 Å². The van der Waals surface area contributed by atoms with Crippen LogP contribution in [0.4, 0.5) is 18.3 Å². The van der Waals surface area contributed by atoms with Crippen molar-refractivity contribution in [2.24, 2.45) is 0 Å². The van der Waals surface area contributed by atoms with Gasteiger partial charge in [0, 0.05) is 34.2 Å². The number of rotatable bonds is 10. The van der Waals surface area contributed by atoms with E-state index < -0.39 is 21.8 Å². The number of anilines is 1. The number of thioether (sulfide) groups is 1. The molecule has 0 spiro atoms. The molecule has 0 fully saturated rings. The predicted molar refractivity (Wildman–Crippen MR) is 136 cm³/mol. The second kappa shape index (κ2) is 11.3. The van der Waals surface area contributed by atoms with E-state index in [0.29, 0.717) is 12.5 Å². The first kappa shape index (κ1) is 26.0. The van der Waals surface area contributed by atoms with Crippen LogP contribution in [0.15, 0.2) is 58.3 Å². The van der Waals surface area contributed by atoms with Gasteiger partial charge in [-0.1, -0.05) is 37.1 Å². The summed E-state index contributed by atoms with van der Waals surface area (Å²) in [6.07, 6.45) is -0.339. The molecule has 35 heavy (non-hydrogen) atoms. The molecule has 2 N–H and O–H groups in total. The molecule has 1 aromatic heterocycles. The SMILES string of the molecule is O=S(=O)(NCCCCCCNc1nc2c(s1)CCSc1ccccc1-2)c1cccc(C(F)(F)F)c1. The van der Waals surface area contributed by atoms with Gasteiger partial charge in [0.05, 0.1) is 16.2 Å². The number of hydrogen-bond acceptors (Lipinski definition) is 6. The van der Waals surface area contributed by atoms with E-state index in [1.807, 2.05) is 17.8 Å². The summed E-state index contributed by atoms with van der Waals surface area (Å²) in [6, 6.07) is 12.1. The van der Waals surface area contributed by atoms with Crippen molar-refractivity contribution in [2.75, 3.05) is 24.2 Å². The zero-order valence-corrected chi connectivity index (χ0v) is 21.3. The Morgan fingerprint density at radius 1 is 0.971 bits per heavy atom. The highest BCUT2D eigenvalue weighted by molar-refractivity contribution is 7.99. The van der Waals surface area contributed by atoms with Gasteiger partial charge in [-0.15, -0.1) is 23.1 Å². The first-order valence-electron chi connectivity index (χ1n) is 11.4. The first-order chi connectivity index (χ1) is 16.7. The van der Waals surface area contributed by atoms with Gasteiger partial charge in [0.1, 0.15) is 0 Å². The smallest absolute Gasteiger partial charge is 0.361 e. The van der Waals surface area contributed by atoms with E-state index in [0.717, 1.165) is 60.9 Å². The standard InChI is InChI=1S/C24H26F3N3O2S3/c25-24(26,27)17-8-7-9-18(16-17)35(31,32)29-14-6-2-1-5-13-28-23-30-22-19-10-3-4-11-20(19)33-15-12-21(22)34-23/h3-4,7-11,16,29H,1-2,5-6,12-15H2,(H,28,30). The predicted octanol–water partition coefficient (Wildman–Crippen LogP) is 6.43. The van der Waals surface area contributed by atoms with E-state index in [1.54, 1.807) is 11.3 Å². The van der Waals surface area contributed by atoms with Crippen molar-refractivity contribution in [3.8, 4) is 11.3 Å². The van der Waals surface area contributed by atoms with Crippen LogP contribution in [0.5, 0.6) is 0 Å². The lowest BCUT2D eigenvalue weighted by Gasteiger charge is -2.10. The van der Waals surface area contributed by atoms with Crippen LogP contribution in [0.25, 0.3) is 11.3 Å². The third-order valence-electron chi connectivity index (χ3n) is 5.57. The number of alkyl halides is 3. The van der Waals surface area contributed by atoms with Crippen molar-refractivity contribution in [3.05, 3.63) is 59.0 Å². The number of hydrogen-bond donors (Lipinski definition) is 2. The molecule has 1 aliphatic heterocycles. The molecule has 2 heterocycles. The van der Waals surface area contributed by atoms with E-state index >= 15 is 0 Å². The number of aromatic nitrogens is 1. The summed E-state index contributed by atoms with van der Waals surface area (Å²) in [6.45, 7) is 0.960. The van der Waals surface area contributed by atoms with E-state index in [-0.39, 0.29) is 11.4 Å². The van der Waals surface area contributed by atoms with Crippen LogP contribution < -0.4 is 10.0 Å². The fourth-order valence-electron chi connectivity index (χ4n) is 3.78. The Hall–Kier alpha value is -2.08. The molecule has 0 aliphatic carbocycles. The maximum atomic E-state index is 12.8. The summed E-state index contributed by atoms with van der Waals surface area (Å²) in [7, 11) is -3.97. The Balaban J connectivity index is 1.17. The summed E-state index contributed by atoms with van der Waals surface area (Å²) in [5.74, 6) is 1.04. The highest BCUT2D eigenvalue weighted by atomic mass is 32.2. The number of nitrogens with one attached hydrogen (secondary N) is 2. The summed E-state index contributed by atoms with van der Waals surface area (Å²) >= 11 is 3.57. The van der Waals surface area contributed by atoms with Crippen LogP contribution in [-0.4, -0.2) is 32.2 Å². The summed E-state index contributed by atoms with van der Waals surface area (Å²) in [5.41, 5.74) is 1.29. The molecule has 1 aliphatic rings. The zero-order chi connectivity index (χ0) is 24.9. The average molecular weight is 542 g/mol. The fraction of sp³-hybridized carbons (Fsp3) is 0.375. The van der Waals surface area contributed by atoms with E-state index in [9.17, 15) is 21.6 Å². The quantitative estimate of drug-likeness (QED) is 0.290. The van der Waals surface area contributed by atoms with E-state index in [2.05, 4.69) is 28.2 Å². The molecule has 0 atom stereocenters. The highest BCUT2D eigenvalue weighted by Gasteiger charge is 2.31. The molecule has 0 radical (unpaired) electrons. The molecule has 4 rings (SSSR count). The third kappa shape index (κ3) is 6.78. The summed E-state index contributed by atoms with van der Waals surface area (Å²) in [5, 5.41) is 4.33. The minimum absolute atomic E-state index is 0.183. The molecule has 0 unspecified atom stereocenters. The maximum Gasteiger partial charge on any atom is 0.416 e. The van der Waals surface area contributed by atoms with Gasteiger partial charge in [-0.05, 0) is 43.5 Å². The van der Waals surface area contributed by atoms with Crippen LogP contribution in [0.3, 0.4) is 0 Å². The van der Waals surface area contributed by atoms with Crippen LogP contribution in [-0.2, 0) is 22.6 Å². The minimum atomic E-state index is -4.58. The fourth-order valence-corrected chi connectivity index (χ4v) is 7.05. The Bertz CT molecular complexity index is 1260. The van der Waals surface area contributed by atoms with Crippen molar-refractivity contribution in [1.29, 1.82) is 0 Å². The number of halogens is 3. The average Bonchev–Trinajstić information content (AvgIpc) is 3.15. The number of fused-ring (bicyclic) bond motifs is 3. The highest BCUT2D eigenvalue weighted by Crippen LogP contribution is 2.40. The second-order valence-electron chi connectivity index (χ2n) is 8.15. The molecule has 0 saturated heterocycles. The molecule has 0 amide bonds. The Kier molecular flexibility index (Phi) is 8.41. The Morgan fingerprint density at radius 3 is 2.54 bits per heavy atom. The summed E-state index contributed by atoms with van der Waals surface area (Å²) < 4.78 is 65.5. The van der Waals surface area contributed by atoms with E-state index in [4.69, 9.17) is 4.98 Å². The number of benzene rings is 2. The minimum Gasteiger partial charge on any atom is -0.361 e. The lowest BCUT2D eigenvalue weighted by Crippen LogP contribution is -2.25. The van der Waals surface area contributed by atoms with E-state index in [1.165, 1.54) is 21.4 Å². The van der Waals surface area contributed by atoms with Gasteiger partial charge in [-0.2, -0.15) is 13.2 Å². The van der Waals surface area contributed by atoms with Gasteiger partial charge in [0.25, 0.3) is 0 Å². The molecule has 3 aromatic rings. The third-order valence-corrected chi connectivity index (χ3v) is 9.18. The van der Waals surface area contributed by atoms with Crippen LogP contribution in [0, 0.1) is 0 Å². The van der Waals surface area contributed by atoms with Gasteiger partial charge in [0.15, 0.2) is 5.13 Å². The van der Waals surface area contributed by atoms with Gasteiger partial charge < -0.3 is 5.32 Å². The molecule has 0 bridgehead atoms. The lowest BCUT2D eigenvalue weighted by molar-refractivity contribution is -0.137. The molecular formula is C24H26F3N3O2S3. The van der Waals surface area contributed by atoms with Crippen molar-refractivity contribution in [1.82, 2.24) is 9.71 Å². The van der Waals surface area contributed by atoms with Crippen molar-refractivity contribution in [2.45, 2.75) is 48.1 Å². The van der Waals surface area contributed by atoms with Crippen LogP contribution >= 0.6 is 23.1 Å². The Morgan fingerprint density at radius 2 is 1.74 bits per heavy atom. The van der Waals surface area contributed by atoms with Crippen molar-refractivity contribution in [3.63, 3.8) is 0 Å². The van der Waals surface area contributed by atoms with Gasteiger partial charge in [-0.3, -0.25) is 0 Å². The summed E-state index contributed by atoms with van der Waals surface area (Å²) in [4.78, 5) is 7.02. The normalized spacial score (nSPS) is 13.7. The van der Waals surface area contributed by atoms with Gasteiger partial charge >= 0.3 is 6.18 Å². The topological polar surface area (TPSA) is 71.1 Å². The number of thiazole rings is 1. The molecule has 2 aromatic carbocycles. The lowest BCUT2D eigenvalue weighted by atomic mass is 10.1. The Labute approximate surface area is 211 Å². The molecule has 11 heteroatoms. The number of nitrogens with zero attached hydrogens (tertiary/aromatic N) is 1. The molecule has 188 valence electrons. The van der Waals surface area contributed by atoms with Gasteiger partial charge in [-0.25, -0.2) is 18.1 Å².